The molecule has 0 aromatic heterocycles. The van der Waals surface area contributed by atoms with E-state index in [2.05, 4.69) is 22.3 Å². The Labute approximate surface area is 149 Å². The van der Waals surface area contributed by atoms with Gasteiger partial charge in [-0.3, -0.25) is 9.68 Å². The molecule has 3 N–H and O–H groups in total. The first-order chi connectivity index (χ1) is 12.1. The van der Waals surface area contributed by atoms with Crippen molar-refractivity contribution in [3.05, 3.63) is 24.3 Å². The number of nitrogen functional groups attached to an aromatic ring is 1. The maximum absolute atomic E-state index is 5.73. The number of hydroxylamine groups is 4. The molecule has 4 atom stereocenters. The summed E-state index contributed by atoms with van der Waals surface area (Å²) in [7, 11) is 4.00. The predicted octanol–water partition coefficient (Wildman–Crippen LogP) is 0.402. The van der Waals surface area contributed by atoms with Gasteiger partial charge in [-0.25, -0.2) is 0 Å². The van der Waals surface area contributed by atoms with Crippen molar-refractivity contribution < 1.29 is 9.68 Å². The fourth-order valence-corrected chi connectivity index (χ4v) is 4.26. The van der Waals surface area contributed by atoms with Crippen molar-refractivity contribution in [3.8, 4) is 0 Å². The third kappa shape index (κ3) is 3.75. The maximum atomic E-state index is 5.73. The molecule has 7 heteroatoms. The van der Waals surface area contributed by atoms with E-state index in [0.29, 0.717) is 18.1 Å². The highest BCUT2D eigenvalue weighted by Crippen LogP contribution is 2.31. The standard InChI is InChI=1S/C12H17N3O.C6H12N2O/c1-14-6-9-7-15(8-12(9)16-14)11-4-2-10(13)3-5-11;1-8-4-5-2-7-3-6(5)9-8/h2-5,9,12H,6-8,13H2,1H3;5-7H,2-4H2,1H3. The van der Waals surface area contributed by atoms with Gasteiger partial charge in [0, 0.05) is 76.6 Å². The van der Waals surface area contributed by atoms with Gasteiger partial charge in [0.1, 0.15) is 6.10 Å². The Balaban J connectivity index is 0.000000147. The zero-order chi connectivity index (χ0) is 17.4. The molecular formula is C18H29N5O2. The molecule has 4 unspecified atom stereocenters. The first kappa shape index (κ1) is 17.1. The van der Waals surface area contributed by atoms with Gasteiger partial charge in [-0.05, 0) is 24.3 Å². The SMILES string of the molecule is CN1CC2CN(c3ccc(N)cc3)CC2O1.CN1CC2CNCC2O1. The number of anilines is 2. The summed E-state index contributed by atoms with van der Waals surface area (Å²) in [6.07, 6.45) is 0.831. The highest BCUT2D eigenvalue weighted by Gasteiger charge is 2.40. The molecule has 0 aliphatic carbocycles. The molecule has 0 bridgehead atoms. The lowest BCUT2D eigenvalue weighted by Crippen LogP contribution is -2.26. The molecule has 4 saturated heterocycles. The summed E-state index contributed by atoms with van der Waals surface area (Å²) in [5.74, 6) is 1.39. The van der Waals surface area contributed by atoms with Crippen LogP contribution in [0, 0.1) is 11.8 Å². The van der Waals surface area contributed by atoms with Gasteiger partial charge in [0.15, 0.2) is 0 Å². The minimum atomic E-state index is 0.363. The van der Waals surface area contributed by atoms with Crippen LogP contribution in [0.1, 0.15) is 0 Å². The van der Waals surface area contributed by atoms with Gasteiger partial charge in [-0.15, -0.1) is 0 Å². The molecule has 4 fully saturated rings. The van der Waals surface area contributed by atoms with E-state index in [1.54, 1.807) is 0 Å². The molecule has 0 radical (unpaired) electrons. The third-order valence-corrected chi connectivity index (χ3v) is 5.53. The molecule has 138 valence electrons. The lowest BCUT2D eigenvalue weighted by Gasteiger charge is -2.21. The Morgan fingerprint density at radius 2 is 1.56 bits per heavy atom. The monoisotopic (exact) mass is 347 g/mol. The summed E-state index contributed by atoms with van der Waals surface area (Å²) < 4.78 is 0. The Hall–Kier alpha value is -1.38. The smallest absolute Gasteiger partial charge is 0.102 e. The minimum absolute atomic E-state index is 0.363. The molecule has 4 aliphatic heterocycles. The summed E-state index contributed by atoms with van der Waals surface area (Å²) >= 11 is 0. The van der Waals surface area contributed by atoms with E-state index in [4.69, 9.17) is 15.4 Å². The number of nitrogens with one attached hydrogen (secondary N) is 1. The summed E-state index contributed by atoms with van der Waals surface area (Å²) in [5.41, 5.74) is 7.75. The molecule has 4 heterocycles. The van der Waals surface area contributed by atoms with Gasteiger partial charge < -0.3 is 16.0 Å². The van der Waals surface area contributed by atoms with Crippen molar-refractivity contribution in [1.29, 1.82) is 0 Å². The number of nitrogens with two attached hydrogens (primary N) is 1. The Kier molecular flexibility index (Phi) is 4.84. The molecule has 0 saturated carbocycles. The number of rotatable bonds is 1. The van der Waals surface area contributed by atoms with E-state index in [1.165, 1.54) is 5.69 Å². The van der Waals surface area contributed by atoms with Crippen LogP contribution in [-0.4, -0.2) is 75.7 Å². The Morgan fingerprint density at radius 1 is 0.880 bits per heavy atom. The first-order valence-electron chi connectivity index (χ1n) is 9.15. The number of hydrogen-bond donors (Lipinski definition) is 2. The first-order valence-corrected chi connectivity index (χ1v) is 9.15. The van der Waals surface area contributed by atoms with Crippen LogP contribution in [0.5, 0.6) is 0 Å². The highest BCUT2D eigenvalue weighted by molar-refractivity contribution is 5.54. The number of nitrogens with zero attached hydrogens (tertiary/aromatic N) is 3. The average molecular weight is 347 g/mol. The van der Waals surface area contributed by atoms with Crippen LogP contribution in [0.2, 0.25) is 0 Å². The zero-order valence-corrected chi connectivity index (χ0v) is 15.1. The largest absolute Gasteiger partial charge is 0.399 e. The van der Waals surface area contributed by atoms with E-state index < -0.39 is 0 Å². The van der Waals surface area contributed by atoms with Crippen LogP contribution in [0.4, 0.5) is 11.4 Å². The van der Waals surface area contributed by atoms with Crippen LogP contribution in [0.3, 0.4) is 0 Å². The van der Waals surface area contributed by atoms with E-state index in [9.17, 15) is 0 Å². The summed E-state index contributed by atoms with van der Waals surface area (Å²) in [5, 5.41) is 7.19. The number of benzene rings is 1. The van der Waals surface area contributed by atoms with Crippen LogP contribution >= 0.6 is 0 Å². The fourth-order valence-electron chi connectivity index (χ4n) is 4.26. The molecule has 1 aromatic rings. The van der Waals surface area contributed by atoms with Crippen molar-refractivity contribution in [1.82, 2.24) is 15.4 Å². The van der Waals surface area contributed by atoms with Gasteiger partial charge in [-0.1, -0.05) is 0 Å². The summed E-state index contributed by atoms with van der Waals surface area (Å²) in [6, 6.07) is 8.08. The average Bonchev–Trinajstić information content (AvgIpc) is 3.28. The molecule has 0 spiro atoms. The van der Waals surface area contributed by atoms with Crippen molar-refractivity contribution in [2.24, 2.45) is 11.8 Å². The zero-order valence-electron chi connectivity index (χ0n) is 15.1. The molecular weight excluding hydrogens is 318 g/mol. The molecule has 25 heavy (non-hydrogen) atoms. The van der Waals surface area contributed by atoms with E-state index in [-0.39, 0.29) is 0 Å². The van der Waals surface area contributed by atoms with Crippen molar-refractivity contribution in [2.75, 3.05) is 64.0 Å². The van der Waals surface area contributed by atoms with Gasteiger partial charge in [0.2, 0.25) is 0 Å². The topological polar surface area (TPSA) is 66.2 Å². The molecule has 4 aliphatic rings. The van der Waals surface area contributed by atoms with Crippen molar-refractivity contribution >= 4 is 11.4 Å². The Morgan fingerprint density at radius 3 is 2.24 bits per heavy atom. The van der Waals surface area contributed by atoms with Gasteiger partial charge in [0.25, 0.3) is 0 Å². The fraction of sp³-hybridized carbons (Fsp3) is 0.667. The lowest BCUT2D eigenvalue weighted by molar-refractivity contribution is -0.123. The summed E-state index contributed by atoms with van der Waals surface area (Å²) in [6.45, 7) is 6.37. The van der Waals surface area contributed by atoms with Crippen molar-refractivity contribution in [2.45, 2.75) is 12.2 Å². The van der Waals surface area contributed by atoms with Crippen LogP contribution in [0.25, 0.3) is 0 Å². The molecule has 5 rings (SSSR count). The van der Waals surface area contributed by atoms with E-state index in [1.807, 2.05) is 36.4 Å². The van der Waals surface area contributed by atoms with Crippen LogP contribution in [0.15, 0.2) is 24.3 Å². The van der Waals surface area contributed by atoms with Crippen LogP contribution in [-0.2, 0) is 9.68 Å². The summed E-state index contributed by atoms with van der Waals surface area (Å²) in [4.78, 5) is 13.6. The van der Waals surface area contributed by atoms with E-state index >= 15 is 0 Å². The quantitative estimate of drug-likeness (QED) is 0.713. The second-order valence-corrected chi connectivity index (χ2v) is 7.58. The lowest BCUT2D eigenvalue weighted by atomic mass is 10.1. The molecule has 0 amide bonds. The van der Waals surface area contributed by atoms with Gasteiger partial charge >= 0.3 is 0 Å². The van der Waals surface area contributed by atoms with Crippen LogP contribution < -0.4 is 16.0 Å². The molecule has 7 nitrogen and oxygen atoms in total. The number of hydrogen-bond acceptors (Lipinski definition) is 7. The van der Waals surface area contributed by atoms with E-state index in [0.717, 1.165) is 50.9 Å². The number of fused-ring (bicyclic) bond motifs is 2. The second kappa shape index (κ2) is 7.09. The van der Waals surface area contributed by atoms with Gasteiger partial charge in [0.05, 0.1) is 6.10 Å². The predicted molar refractivity (Wildman–Crippen MR) is 97.9 cm³/mol. The minimum Gasteiger partial charge on any atom is -0.399 e. The molecule has 1 aromatic carbocycles. The van der Waals surface area contributed by atoms with Crippen molar-refractivity contribution in [3.63, 3.8) is 0 Å². The Bertz CT molecular complexity index is 557. The second-order valence-electron chi connectivity index (χ2n) is 7.58. The third-order valence-electron chi connectivity index (χ3n) is 5.53. The maximum Gasteiger partial charge on any atom is 0.102 e. The van der Waals surface area contributed by atoms with Gasteiger partial charge in [-0.2, -0.15) is 10.1 Å². The normalized spacial score (nSPS) is 34.7. The highest BCUT2D eigenvalue weighted by atomic mass is 16.7.